The van der Waals surface area contributed by atoms with Crippen molar-refractivity contribution >= 4 is 11.9 Å². The molecular weight excluding hydrogens is 399 g/mol. The Balaban J connectivity index is 2.87. The number of carbonyl (C=O) groups excluding carboxylic acids is 2. The molecule has 0 atom stereocenters. The van der Waals surface area contributed by atoms with E-state index in [-0.39, 0.29) is 29.9 Å². The maximum Gasteiger partial charge on any atom is 0.416 e. The highest BCUT2D eigenvalue weighted by Gasteiger charge is 2.43. The molecule has 1 aliphatic rings. The van der Waals surface area contributed by atoms with Gasteiger partial charge in [-0.2, -0.15) is 13.2 Å². The predicted octanol–water partition coefficient (Wildman–Crippen LogP) is 4.85. The Morgan fingerprint density at radius 2 is 1.37 bits per heavy atom. The summed E-state index contributed by atoms with van der Waals surface area (Å²) >= 11 is 0. The standard InChI is InChI=1S/C22H26F3NO4/c1-5-15-18(20(27)29-7-3)17(13-11-9-10-12-14(13)22(23,24)25)19(16(6-2)26-15)21(28)30-8-4/h9-12,17,26H,5-8H2,1-4H3. The number of nitrogens with one attached hydrogen (secondary N) is 1. The Labute approximate surface area is 173 Å². The first-order valence-electron chi connectivity index (χ1n) is 9.94. The fraction of sp³-hybridized carbons (Fsp3) is 0.455. The molecule has 5 nitrogen and oxygen atoms in total. The molecule has 8 heteroatoms. The maximum atomic E-state index is 13.8. The highest BCUT2D eigenvalue weighted by molar-refractivity contribution is 6.00. The third-order valence-corrected chi connectivity index (χ3v) is 4.80. The van der Waals surface area contributed by atoms with E-state index in [2.05, 4.69) is 5.32 Å². The van der Waals surface area contributed by atoms with Crippen LogP contribution in [0.2, 0.25) is 0 Å². The smallest absolute Gasteiger partial charge is 0.416 e. The zero-order valence-electron chi connectivity index (χ0n) is 17.5. The molecule has 0 aromatic heterocycles. The summed E-state index contributed by atoms with van der Waals surface area (Å²) in [5.74, 6) is -2.78. The first kappa shape index (κ1) is 23.5. The SMILES string of the molecule is CCOC(=O)C1=C(CC)NC(CC)=C(C(=O)OCC)C1c1ccccc1C(F)(F)F. The number of ether oxygens (including phenoxy) is 2. The van der Waals surface area contributed by atoms with E-state index in [9.17, 15) is 22.8 Å². The lowest BCUT2D eigenvalue weighted by atomic mass is 9.77. The first-order valence-corrected chi connectivity index (χ1v) is 9.94. The summed E-state index contributed by atoms with van der Waals surface area (Å²) in [6.45, 7) is 6.86. The molecule has 0 aliphatic carbocycles. The number of allylic oxidation sites excluding steroid dienone is 2. The van der Waals surface area contributed by atoms with Gasteiger partial charge in [-0.05, 0) is 38.3 Å². The van der Waals surface area contributed by atoms with E-state index >= 15 is 0 Å². The zero-order chi connectivity index (χ0) is 22.5. The van der Waals surface area contributed by atoms with Crippen LogP contribution in [-0.2, 0) is 25.2 Å². The molecule has 0 spiro atoms. The Kier molecular flexibility index (Phi) is 7.70. The quantitative estimate of drug-likeness (QED) is 0.633. The van der Waals surface area contributed by atoms with Crippen molar-refractivity contribution < 1.29 is 32.2 Å². The Bertz CT molecular complexity index is 829. The minimum Gasteiger partial charge on any atom is -0.463 e. The predicted molar refractivity (Wildman–Crippen MR) is 105 cm³/mol. The molecule has 2 rings (SSSR count). The van der Waals surface area contributed by atoms with E-state index in [1.54, 1.807) is 27.7 Å². The number of benzene rings is 1. The Morgan fingerprint density at radius 3 is 1.77 bits per heavy atom. The van der Waals surface area contributed by atoms with Crippen molar-refractivity contribution in [3.8, 4) is 0 Å². The lowest BCUT2D eigenvalue weighted by Crippen LogP contribution is -2.34. The molecule has 0 fully saturated rings. The van der Waals surface area contributed by atoms with E-state index in [4.69, 9.17) is 9.47 Å². The average molecular weight is 425 g/mol. The van der Waals surface area contributed by atoms with Gasteiger partial charge >= 0.3 is 18.1 Å². The molecule has 1 heterocycles. The van der Waals surface area contributed by atoms with Crippen LogP contribution in [0.25, 0.3) is 0 Å². The molecule has 1 aromatic rings. The summed E-state index contributed by atoms with van der Waals surface area (Å²) < 4.78 is 51.8. The van der Waals surface area contributed by atoms with Gasteiger partial charge in [0.15, 0.2) is 0 Å². The second kappa shape index (κ2) is 9.82. The Morgan fingerprint density at radius 1 is 0.900 bits per heavy atom. The van der Waals surface area contributed by atoms with Gasteiger partial charge in [0, 0.05) is 11.4 Å². The monoisotopic (exact) mass is 425 g/mol. The van der Waals surface area contributed by atoms with E-state index in [1.807, 2.05) is 0 Å². The zero-order valence-corrected chi connectivity index (χ0v) is 17.5. The third kappa shape index (κ3) is 4.68. The summed E-state index contributed by atoms with van der Waals surface area (Å²) in [5.41, 5.74) is -0.242. The van der Waals surface area contributed by atoms with Crippen molar-refractivity contribution in [2.45, 2.75) is 52.6 Å². The number of halogens is 3. The van der Waals surface area contributed by atoms with Gasteiger partial charge in [-0.25, -0.2) is 9.59 Å². The van der Waals surface area contributed by atoms with Crippen LogP contribution in [0.1, 0.15) is 57.6 Å². The number of dihydropyridines is 1. The van der Waals surface area contributed by atoms with Crippen LogP contribution in [0.5, 0.6) is 0 Å². The molecule has 0 saturated carbocycles. The molecule has 1 aliphatic heterocycles. The maximum absolute atomic E-state index is 13.8. The molecule has 1 N–H and O–H groups in total. The lowest BCUT2D eigenvalue weighted by molar-refractivity contribution is -0.142. The van der Waals surface area contributed by atoms with E-state index in [0.717, 1.165) is 6.07 Å². The van der Waals surface area contributed by atoms with Crippen molar-refractivity contribution in [3.63, 3.8) is 0 Å². The minimum atomic E-state index is -4.67. The van der Waals surface area contributed by atoms with E-state index in [0.29, 0.717) is 24.2 Å². The largest absolute Gasteiger partial charge is 0.463 e. The normalized spacial score (nSPS) is 15.2. The molecule has 0 bridgehead atoms. The fourth-order valence-electron chi connectivity index (χ4n) is 3.58. The molecule has 0 amide bonds. The number of alkyl halides is 3. The second-order valence-electron chi connectivity index (χ2n) is 6.58. The molecule has 1 aromatic carbocycles. The van der Waals surface area contributed by atoms with Gasteiger partial charge in [0.25, 0.3) is 0 Å². The van der Waals surface area contributed by atoms with Gasteiger partial charge in [0.2, 0.25) is 0 Å². The number of hydrogen-bond acceptors (Lipinski definition) is 5. The van der Waals surface area contributed by atoms with Crippen LogP contribution in [0.3, 0.4) is 0 Å². The summed E-state index contributed by atoms with van der Waals surface area (Å²) in [4.78, 5) is 25.7. The molecule has 30 heavy (non-hydrogen) atoms. The van der Waals surface area contributed by atoms with Gasteiger partial charge in [0.1, 0.15) is 0 Å². The van der Waals surface area contributed by atoms with Gasteiger partial charge < -0.3 is 14.8 Å². The van der Waals surface area contributed by atoms with E-state index in [1.165, 1.54) is 18.2 Å². The number of hydrogen-bond donors (Lipinski definition) is 1. The summed E-state index contributed by atoms with van der Waals surface area (Å²) in [7, 11) is 0. The summed E-state index contributed by atoms with van der Waals surface area (Å²) in [6.07, 6.45) is -3.98. The van der Waals surface area contributed by atoms with Crippen LogP contribution in [0.15, 0.2) is 46.8 Å². The van der Waals surface area contributed by atoms with Crippen molar-refractivity contribution in [3.05, 3.63) is 57.9 Å². The second-order valence-corrected chi connectivity index (χ2v) is 6.58. The summed E-state index contributed by atoms with van der Waals surface area (Å²) in [6, 6.07) is 4.96. The van der Waals surface area contributed by atoms with Crippen molar-refractivity contribution in [2.24, 2.45) is 0 Å². The Hall–Kier alpha value is -2.77. The fourth-order valence-corrected chi connectivity index (χ4v) is 3.58. The van der Waals surface area contributed by atoms with E-state index < -0.39 is 29.6 Å². The van der Waals surface area contributed by atoms with Crippen LogP contribution < -0.4 is 5.32 Å². The van der Waals surface area contributed by atoms with Gasteiger partial charge in [-0.15, -0.1) is 0 Å². The summed E-state index contributed by atoms with van der Waals surface area (Å²) in [5, 5.41) is 3.07. The van der Waals surface area contributed by atoms with Crippen molar-refractivity contribution in [1.29, 1.82) is 0 Å². The topological polar surface area (TPSA) is 64.6 Å². The number of carbonyl (C=O) groups is 2. The highest BCUT2D eigenvalue weighted by atomic mass is 19.4. The molecule has 0 saturated heterocycles. The molecule has 164 valence electrons. The van der Waals surface area contributed by atoms with Gasteiger partial charge in [0.05, 0.1) is 35.8 Å². The average Bonchev–Trinajstić information content (AvgIpc) is 2.71. The number of esters is 2. The third-order valence-electron chi connectivity index (χ3n) is 4.80. The minimum absolute atomic E-state index is 0.00342. The van der Waals surface area contributed by atoms with Crippen LogP contribution in [-0.4, -0.2) is 25.2 Å². The van der Waals surface area contributed by atoms with Crippen molar-refractivity contribution in [1.82, 2.24) is 5.32 Å². The first-order chi connectivity index (χ1) is 14.2. The van der Waals surface area contributed by atoms with Gasteiger partial charge in [-0.1, -0.05) is 32.0 Å². The molecule has 0 radical (unpaired) electrons. The molecule has 0 unspecified atom stereocenters. The molecular formula is C22H26F3NO4. The van der Waals surface area contributed by atoms with Crippen LogP contribution >= 0.6 is 0 Å². The highest BCUT2D eigenvalue weighted by Crippen LogP contribution is 2.45. The van der Waals surface area contributed by atoms with Crippen molar-refractivity contribution in [2.75, 3.05) is 13.2 Å². The lowest BCUT2D eigenvalue weighted by Gasteiger charge is -2.33. The van der Waals surface area contributed by atoms with Crippen LogP contribution in [0.4, 0.5) is 13.2 Å². The number of rotatable bonds is 7. The van der Waals surface area contributed by atoms with Gasteiger partial charge in [-0.3, -0.25) is 0 Å². The van der Waals surface area contributed by atoms with Crippen LogP contribution in [0, 0.1) is 0 Å².